The van der Waals surface area contributed by atoms with Crippen LogP contribution in [0.5, 0.6) is 0 Å². The van der Waals surface area contributed by atoms with Crippen LogP contribution in [0.4, 0.5) is 10.7 Å². The molecule has 2 aromatic rings. The molecule has 14 heavy (non-hydrogen) atoms. The van der Waals surface area contributed by atoms with Crippen molar-refractivity contribution in [1.82, 2.24) is 0 Å². The fourth-order valence-corrected chi connectivity index (χ4v) is 2.26. The van der Waals surface area contributed by atoms with Crippen molar-refractivity contribution in [3.8, 4) is 0 Å². The van der Waals surface area contributed by atoms with Gasteiger partial charge < -0.3 is 4.90 Å². The zero-order valence-corrected chi connectivity index (χ0v) is 9.21. The van der Waals surface area contributed by atoms with E-state index in [1.165, 1.54) is 16.3 Å². The lowest BCUT2D eigenvalue weighted by atomic mass is 10.3. The maximum absolute atomic E-state index is 2.21. The summed E-state index contributed by atoms with van der Waals surface area (Å²) in [4.78, 5) is 2.21. The molecule has 0 radical (unpaired) electrons. The van der Waals surface area contributed by atoms with E-state index in [1.807, 2.05) is 6.07 Å². The second kappa shape index (κ2) is 3.84. The van der Waals surface area contributed by atoms with Crippen molar-refractivity contribution in [1.29, 1.82) is 0 Å². The molecule has 0 saturated heterocycles. The van der Waals surface area contributed by atoms with Crippen LogP contribution in [0, 0.1) is 6.92 Å². The van der Waals surface area contributed by atoms with Gasteiger partial charge in [0.15, 0.2) is 0 Å². The number of aryl methyl sites for hydroxylation is 1. The molecule has 0 atom stereocenters. The molecule has 2 rings (SSSR count). The van der Waals surface area contributed by atoms with E-state index in [-0.39, 0.29) is 0 Å². The molecular weight excluding hydrogens is 190 g/mol. The van der Waals surface area contributed by atoms with Gasteiger partial charge in [-0.25, -0.2) is 0 Å². The first-order chi connectivity index (χ1) is 6.77. The summed E-state index contributed by atoms with van der Waals surface area (Å²) in [5, 5.41) is 3.46. The minimum atomic E-state index is 1.23. The van der Waals surface area contributed by atoms with E-state index < -0.39 is 0 Å². The van der Waals surface area contributed by atoms with Crippen LogP contribution in [0.3, 0.4) is 0 Å². The van der Waals surface area contributed by atoms with E-state index in [1.54, 1.807) is 11.3 Å². The first-order valence-corrected chi connectivity index (χ1v) is 5.49. The summed E-state index contributed by atoms with van der Waals surface area (Å²) in [5.41, 5.74) is 2.56. The van der Waals surface area contributed by atoms with Crippen molar-refractivity contribution >= 4 is 22.0 Å². The standard InChI is InChI=1S/C12H13NS/c1-10-8-12(14-9-10)13(2)11-6-4-3-5-7-11/h3-9H,1-2H3. The number of nitrogens with zero attached hydrogens (tertiary/aromatic N) is 1. The van der Waals surface area contributed by atoms with Crippen LogP contribution in [0.15, 0.2) is 41.8 Å². The van der Waals surface area contributed by atoms with Gasteiger partial charge in [0.2, 0.25) is 0 Å². The molecule has 2 heteroatoms. The Morgan fingerprint density at radius 1 is 1.14 bits per heavy atom. The molecule has 1 heterocycles. The number of anilines is 2. The van der Waals surface area contributed by atoms with Crippen LogP contribution in [-0.4, -0.2) is 7.05 Å². The average molecular weight is 203 g/mol. The molecule has 0 bridgehead atoms. The van der Waals surface area contributed by atoms with Crippen LogP contribution in [0.1, 0.15) is 5.56 Å². The highest BCUT2D eigenvalue weighted by Gasteiger charge is 2.04. The molecule has 1 nitrogen and oxygen atoms in total. The van der Waals surface area contributed by atoms with Gasteiger partial charge in [-0.1, -0.05) is 18.2 Å². The fraction of sp³-hybridized carbons (Fsp3) is 0.167. The highest BCUT2D eigenvalue weighted by molar-refractivity contribution is 7.14. The second-order valence-electron chi connectivity index (χ2n) is 3.36. The van der Waals surface area contributed by atoms with E-state index in [2.05, 4.69) is 54.6 Å². The molecular formula is C12H13NS. The van der Waals surface area contributed by atoms with E-state index in [9.17, 15) is 0 Å². The second-order valence-corrected chi connectivity index (χ2v) is 4.25. The first-order valence-electron chi connectivity index (χ1n) is 4.61. The molecule has 0 aliphatic carbocycles. The lowest BCUT2D eigenvalue weighted by Gasteiger charge is -2.16. The summed E-state index contributed by atoms with van der Waals surface area (Å²) in [5.74, 6) is 0. The van der Waals surface area contributed by atoms with Crippen molar-refractivity contribution in [2.24, 2.45) is 0 Å². The highest BCUT2D eigenvalue weighted by atomic mass is 32.1. The number of para-hydroxylation sites is 1. The average Bonchev–Trinajstić information content (AvgIpc) is 2.65. The van der Waals surface area contributed by atoms with Gasteiger partial charge in [0.25, 0.3) is 0 Å². The van der Waals surface area contributed by atoms with E-state index >= 15 is 0 Å². The van der Waals surface area contributed by atoms with Gasteiger partial charge in [-0.3, -0.25) is 0 Å². The van der Waals surface area contributed by atoms with Crippen LogP contribution < -0.4 is 4.90 Å². The molecule has 0 saturated carbocycles. The maximum Gasteiger partial charge on any atom is 0.0953 e. The Hall–Kier alpha value is -1.28. The minimum absolute atomic E-state index is 1.23. The normalized spacial score (nSPS) is 10.1. The topological polar surface area (TPSA) is 3.24 Å². The van der Waals surface area contributed by atoms with Crippen LogP contribution in [0.25, 0.3) is 0 Å². The molecule has 1 aromatic carbocycles. The Morgan fingerprint density at radius 2 is 1.86 bits per heavy atom. The Bertz CT molecular complexity index is 405. The van der Waals surface area contributed by atoms with Gasteiger partial charge in [-0.2, -0.15) is 0 Å². The number of thiophene rings is 1. The zero-order valence-electron chi connectivity index (χ0n) is 8.40. The largest absolute Gasteiger partial charge is 0.336 e. The van der Waals surface area contributed by atoms with Crippen molar-refractivity contribution < 1.29 is 0 Å². The van der Waals surface area contributed by atoms with Crippen LogP contribution in [-0.2, 0) is 0 Å². The molecule has 0 aliphatic heterocycles. The lowest BCUT2D eigenvalue weighted by Crippen LogP contribution is -2.06. The molecule has 0 spiro atoms. The van der Waals surface area contributed by atoms with Crippen molar-refractivity contribution in [2.75, 3.05) is 11.9 Å². The number of hydrogen-bond acceptors (Lipinski definition) is 2. The fourth-order valence-electron chi connectivity index (χ4n) is 1.37. The van der Waals surface area contributed by atoms with Gasteiger partial charge in [0.1, 0.15) is 0 Å². The number of hydrogen-bond donors (Lipinski definition) is 0. The molecule has 0 amide bonds. The van der Waals surface area contributed by atoms with Crippen molar-refractivity contribution in [3.63, 3.8) is 0 Å². The van der Waals surface area contributed by atoms with Crippen LogP contribution in [0.2, 0.25) is 0 Å². The molecule has 0 N–H and O–H groups in total. The predicted octanol–water partition coefficient (Wildman–Crippen LogP) is 3.82. The molecule has 72 valence electrons. The summed E-state index contributed by atoms with van der Waals surface area (Å²) >= 11 is 1.78. The smallest absolute Gasteiger partial charge is 0.0953 e. The summed E-state index contributed by atoms with van der Waals surface area (Å²) in [6, 6.07) is 12.6. The summed E-state index contributed by atoms with van der Waals surface area (Å²) < 4.78 is 0. The highest BCUT2D eigenvalue weighted by Crippen LogP contribution is 2.29. The van der Waals surface area contributed by atoms with Crippen LogP contribution >= 0.6 is 11.3 Å². The lowest BCUT2D eigenvalue weighted by molar-refractivity contribution is 1.24. The Balaban J connectivity index is 2.29. The summed E-state index contributed by atoms with van der Waals surface area (Å²) in [6.07, 6.45) is 0. The molecule has 1 aromatic heterocycles. The van der Waals surface area contributed by atoms with E-state index in [0.29, 0.717) is 0 Å². The third-order valence-corrected chi connectivity index (χ3v) is 3.31. The van der Waals surface area contributed by atoms with Crippen molar-refractivity contribution in [2.45, 2.75) is 6.92 Å². The molecule has 0 unspecified atom stereocenters. The third kappa shape index (κ3) is 1.80. The minimum Gasteiger partial charge on any atom is -0.336 e. The predicted molar refractivity (Wildman–Crippen MR) is 63.6 cm³/mol. The maximum atomic E-state index is 2.21. The first kappa shape index (κ1) is 9.28. The van der Waals surface area contributed by atoms with Gasteiger partial charge in [-0.05, 0) is 36.1 Å². The number of benzene rings is 1. The zero-order chi connectivity index (χ0) is 9.97. The molecule has 0 fully saturated rings. The Labute approximate surface area is 88.6 Å². The van der Waals surface area contributed by atoms with E-state index in [4.69, 9.17) is 0 Å². The van der Waals surface area contributed by atoms with Gasteiger partial charge in [0, 0.05) is 12.7 Å². The third-order valence-electron chi connectivity index (χ3n) is 2.19. The van der Waals surface area contributed by atoms with Gasteiger partial charge >= 0.3 is 0 Å². The molecule has 0 aliphatic rings. The van der Waals surface area contributed by atoms with Gasteiger partial charge in [-0.15, -0.1) is 11.3 Å². The SMILES string of the molecule is Cc1csc(N(C)c2ccccc2)c1. The quantitative estimate of drug-likeness (QED) is 0.717. The number of rotatable bonds is 2. The van der Waals surface area contributed by atoms with Gasteiger partial charge in [0.05, 0.1) is 5.00 Å². The summed E-state index contributed by atoms with van der Waals surface area (Å²) in [6.45, 7) is 2.12. The Kier molecular flexibility index (Phi) is 2.55. The van der Waals surface area contributed by atoms with Crippen molar-refractivity contribution in [3.05, 3.63) is 47.3 Å². The summed E-state index contributed by atoms with van der Waals surface area (Å²) in [7, 11) is 2.10. The van der Waals surface area contributed by atoms with E-state index in [0.717, 1.165) is 0 Å². The Morgan fingerprint density at radius 3 is 2.43 bits per heavy atom. The monoisotopic (exact) mass is 203 g/mol.